The molecule has 2 aromatic rings. The van der Waals surface area contributed by atoms with Gasteiger partial charge in [0.25, 0.3) is 0 Å². The number of rotatable bonds is 6. The second-order valence-corrected chi connectivity index (χ2v) is 6.23. The summed E-state index contributed by atoms with van der Waals surface area (Å²) in [4.78, 5) is 4.37. The Bertz CT molecular complexity index is 732. The number of halogens is 1. The predicted octanol–water partition coefficient (Wildman–Crippen LogP) is 3.38. The number of methoxy groups -OCH3 is 2. The lowest BCUT2D eigenvalue weighted by molar-refractivity contribution is 0.354. The zero-order chi connectivity index (χ0) is 17.5. The van der Waals surface area contributed by atoms with Crippen molar-refractivity contribution in [2.45, 2.75) is 20.0 Å². The summed E-state index contributed by atoms with van der Waals surface area (Å²) in [5.41, 5.74) is 9.33. The maximum absolute atomic E-state index is 5.95. The van der Waals surface area contributed by atoms with Gasteiger partial charge in [-0.15, -0.1) is 0 Å². The number of aliphatic imine (C=N–C) groups is 1. The van der Waals surface area contributed by atoms with Crippen LogP contribution in [0.15, 0.2) is 45.9 Å². The Morgan fingerprint density at radius 1 is 1.12 bits per heavy atom. The van der Waals surface area contributed by atoms with Crippen LogP contribution in [0.25, 0.3) is 0 Å². The molecule has 0 amide bonds. The summed E-state index contributed by atoms with van der Waals surface area (Å²) in [6.07, 6.45) is 0. The number of nitrogens with one attached hydrogen (secondary N) is 1. The second-order valence-electron chi connectivity index (χ2n) is 5.32. The van der Waals surface area contributed by atoms with Gasteiger partial charge in [-0.2, -0.15) is 0 Å². The average molecular weight is 392 g/mol. The molecule has 0 fully saturated rings. The predicted molar refractivity (Wildman–Crippen MR) is 101 cm³/mol. The fraction of sp³-hybridized carbons (Fsp3) is 0.278. The molecule has 0 bridgehead atoms. The Kier molecular flexibility index (Phi) is 6.49. The van der Waals surface area contributed by atoms with Crippen molar-refractivity contribution in [1.29, 1.82) is 0 Å². The Balaban J connectivity index is 1.96. The smallest absolute Gasteiger partial charge is 0.189 e. The van der Waals surface area contributed by atoms with Crippen molar-refractivity contribution >= 4 is 21.9 Å². The van der Waals surface area contributed by atoms with Crippen LogP contribution in [0.1, 0.15) is 16.7 Å². The van der Waals surface area contributed by atoms with Gasteiger partial charge >= 0.3 is 0 Å². The van der Waals surface area contributed by atoms with E-state index < -0.39 is 0 Å². The van der Waals surface area contributed by atoms with Crippen LogP contribution in [0.5, 0.6) is 11.5 Å². The fourth-order valence-corrected chi connectivity index (χ4v) is 2.73. The van der Waals surface area contributed by atoms with Gasteiger partial charge < -0.3 is 20.5 Å². The van der Waals surface area contributed by atoms with E-state index in [2.05, 4.69) is 45.3 Å². The number of nitrogens with two attached hydrogens (primary N) is 1. The minimum Gasteiger partial charge on any atom is -0.493 e. The van der Waals surface area contributed by atoms with E-state index in [1.165, 1.54) is 11.1 Å². The van der Waals surface area contributed by atoms with Crippen molar-refractivity contribution in [1.82, 2.24) is 5.32 Å². The molecule has 5 nitrogen and oxygen atoms in total. The van der Waals surface area contributed by atoms with E-state index in [9.17, 15) is 0 Å². The molecule has 0 saturated carbocycles. The van der Waals surface area contributed by atoms with Gasteiger partial charge in [-0.05, 0) is 47.9 Å². The summed E-state index contributed by atoms with van der Waals surface area (Å²) < 4.78 is 11.6. The van der Waals surface area contributed by atoms with Gasteiger partial charge in [-0.1, -0.05) is 28.1 Å². The van der Waals surface area contributed by atoms with E-state index >= 15 is 0 Å². The molecule has 24 heavy (non-hydrogen) atoms. The number of aryl methyl sites for hydroxylation is 1. The zero-order valence-corrected chi connectivity index (χ0v) is 15.7. The van der Waals surface area contributed by atoms with Crippen molar-refractivity contribution in [3.05, 3.63) is 57.6 Å². The first kappa shape index (κ1) is 18.1. The Morgan fingerprint density at radius 2 is 1.88 bits per heavy atom. The summed E-state index contributed by atoms with van der Waals surface area (Å²) in [6, 6.07) is 11.9. The number of benzene rings is 2. The molecule has 6 heteroatoms. The minimum atomic E-state index is 0.409. The fourth-order valence-electron chi connectivity index (χ4n) is 2.25. The zero-order valence-electron chi connectivity index (χ0n) is 14.1. The summed E-state index contributed by atoms with van der Waals surface area (Å²) in [6.45, 7) is 3.18. The lowest BCUT2D eigenvalue weighted by Gasteiger charge is -2.10. The van der Waals surface area contributed by atoms with Gasteiger partial charge in [0.2, 0.25) is 0 Å². The van der Waals surface area contributed by atoms with Crippen molar-refractivity contribution in [2.75, 3.05) is 14.2 Å². The SMILES string of the molecule is COc1ccc(CN=C(N)NCc2ccc(Br)cc2C)cc1OC. The maximum atomic E-state index is 5.95. The molecule has 0 aromatic heterocycles. The highest BCUT2D eigenvalue weighted by molar-refractivity contribution is 9.10. The molecule has 2 rings (SSSR count). The molecule has 0 radical (unpaired) electrons. The van der Waals surface area contributed by atoms with Gasteiger partial charge in [0.15, 0.2) is 17.5 Å². The molecule has 0 atom stereocenters. The van der Waals surface area contributed by atoms with Crippen LogP contribution in [0.2, 0.25) is 0 Å². The Labute approximate surface area is 151 Å². The van der Waals surface area contributed by atoms with E-state index in [1.807, 2.05) is 24.3 Å². The summed E-state index contributed by atoms with van der Waals surface area (Å²) >= 11 is 3.46. The molecule has 3 N–H and O–H groups in total. The van der Waals surface area contributed by atoms with Gasteiger partial charge in [0.05, 0.1) is 20.8 Å². The van der Waals surface area contributed by atoms with Gasteiger partial charge in [0, 0.05) is 11.0 Å². The third kappa shape index (κ3) is 4.89. The lowest BCUT2D eigenvalue weighted by atomic mass is 10.1. The number of hydrogen-bond donors (Lipinski definition) is 2. The molecule has 2 aromatic carbocycles. The van der Waals surface area contributed by atoms with Crippen LogP contribution in [-0.4, -0.2) is 20.2 Å². The number of hydrogen-bond acceptors (Lipinski definition) is 3. The number of nitrogens with zero attached hydrogens (tertiary/aromatic N) is 1. The van der Waals surface area contributed by atoms with Crippen molar-refractivity contribution in [2.24, 2.45) is 10.7 Å². The van der Waals surface area contributed by atoms with E-state index in [0.717, 1.165) is 10.0 Å². The van der Waals surface area contributed by atoms with E-state index in [1.54, 1.807) is 14.2 Å². The molecule has 0 aliphatic carbocycles. The highest BCUT2D eigenvalue weighted by atomic mass is 79.9. The highest BCUT2D eigenvalue weighted by Crippen LogP contribution is 2.27. The molecule has 0 aliphatic heterocycles. The molecule has 0 heterocycles. The molecule has 0 unspecified atom stereocenters. The van der Waals surface area contributed by atoms with Crippen LogP contribution in [0, 0.1) is 6.92 Å². The Morgan fingerprint density at radius 3 is 2.54 bits per heavy atom. The topological polar surface area (TPSA) is 68.9 Å². The second kappa shape index (κ2) is 8.59. The Hall–Kier alpha value is -2.21. The first-order valence-electron chi connectivity index (χ1n) is 7.53. The molecule has 0 aliphatic rings. The van der Waals surface area contributed by atoms with Crippen LogP contribution in [0.4, 0.5) is 0 Å². The van der Waals surface area contributed by atoms with Gasteiger partial charge in [0.1, 0.15) is 0 Å². The first-order valence-corrected chi connectivity index (χ1v) is 8.32. The normalized spacial score (nSPS) is 11.2. The van der Waals surface area contributed by atoms with E-state index in [0.29, 0.717) is 30.5 Å². The average Bonchev–Trinajstić information content (AvgIpc) is 2.58. The molecule has 128 valence electrons. The van der Waals surface area contributed by atoms with Gasteiger partial charge in [-0.25, -0.2) is 4.99 Å². The van der Waals surface area contributed by atoms with E-state index in [-0.39, 0.29) is 0 Å². The molecular weight excluding hydrogens is 370 g/mol. The molecule has 0 saturated heterocycles. The minimum absolute atomic E-state index is 0.409. The monoisotopic (exact) mass is 391 g/mol. The van der Waals surface area contributed by atoms with Crippen LogP contribution >= 0.6 is 15.9 Å². The summed E-state index contributed by atoms with van der Waals surface area (Å²) in [5.74, 6) is 1.79. The molecular formula is C18H22BrN3O2. The standard InChI is InChI=1S/C18H22BrN3O2/c1-12-8-15(19)6-5-14(12)11-22-18(20)21-10-13-4-7-16(23-2)17(9-13)24-3/h4-9H,10-11H2,1-3H3,(H3,20,21,22). The maximum Gasteiger partial charge on any atom is 0.189 e. The summed E-state index contributed by atoms with van der Waals surface area (Å²) in [7, 11) is 3.23. The number of ether oxygens (including phenoxy) is 2. The van der Waals surface area contributed by atoms with Gasteiger partial charge in [-0.3, -0.25) is 0 Å². The molecule has 0 spiro atoms. The third-order valence-corrected chi connectivity index (χ3v) is 4.14. The van der Waals surface area contributed by atoms with E-state index in [4.69, 9.17) is 15.2 Å². The summed E-state index contributed by atoms with van der Waals surface area (Å²) in [5, 5.41) is 3.14. The lowest BCUT2D eigenvalue weighted by Crippen LogP contribution is -2.31. The van der Waals surface area contributed by atoms with Crippen molar-refractivity contribution in [3.63, 3.8) is 0 Å². The number of guanidine groups is 1. The first-order chi connectivity index (χ1) is 11.5. The van der Waals surface area contributed by atoms with Crippen molar-refractivity contribution < 1.29 is 9.47 Å². The van der Waals surface area contributed by atoms with Crippen LogP contribution in [-0.2, 0) is 13.1 Å². The quantitative estimate of drug-likeness (QED) is 0.584. The van der Waals surface area contributed by atoms with Crippen LogP contribution in [0.3, 0.4) is 0 Å². The highest BCUT2D eigenvalue weighted by Gasteiger charge is 2.04. The third-order valence-electron chi connectivity index (χ3n) is 3.64. The largest absolute Gasteiger partial charge is 0.493 e. The van der Waals surface area contributed by atoms with Crippen molar-refractivity contribution in [3.8, 4) is 11.5 Å². The van der Waals surface area contributed by atoms with Crippen LogP contribution < -0.4 is 20.5 Å².